The first kappa shape index (κ1) is 20.6. The van der Waals surface area contributed by atoms with Gasteiger partial charge in [-0.3, -0.25) is 35.3 Å². The lowest BCUT2D eigenvalue weighted by Gasteiger charge is -2.21. The molecule has 1 heterocycles. The molecule has 0 aliphatic carbocycles. The van der Waals surface area contributed by atoms with Gasteiger partial charge in [-0.05, 0) is 11.6 Å². The van der Waals surface area contributed by atoms with Crippen LogP contribution < -0.4 is 4.90 Å². The molecule has 0 fully saturated rings. The molecule has 0 spiro atoms. The van der Waals surface area contributed by atoms with Gasteiger partial charge < -0.3 is 4.90 Å². The van der Waals surface area contributed by atoms with E-state index in [1.807, 2.05) is 0 Å². The zero-order valence-electron chi connectivity index (χ0n) is 16.4. The summed E-state index contributed by atoms with van der Waals surface area (Å²) >= 11 is 0. The molecule has 1 unspecified atom stereocenters. The summed E-state index contributed by atoms with van der Waals surface area (Å²) in [6.07, 6.45) is 0. The lowest BCUT2D eigenvalue weighted by Crippen LogP contribution is -2.28. The van der Waals surface area contributed by atoms with Crippen molar-refractivity contribution >= 4 is 28.6 Å². The summed E-state index contributed by atoms with van der Waals surface area (Å²) in [5, 5.41) is 33.7. The molecule has 0 N–H and O–H groups in total. The van der Waals surface area contributed by atoms with E-state index < -0.39 is 20.8 Å². The minimum atomic E-state index is -0.519. The summed E-state index contributed by atoms with van der Waals surface area (Å²) < 4.78 is 0. The molecule has 0 radical (unpaired) electrons. The van der Waals surface area contributed by atoms with E-state index in [9.17, 15) is 30.3 Å². The minimum Gasteiger partial charge on any atom is -0.323 e. The number of rotatable bonds is 6. The maximum Gasteiger partial charge on any atom is 0.271 e. The van der Waals surface area contributed by atoms with Crippen molar-refractivity contribution in [2.45, 2.75) is 6.04 Å². The second-order valence-corrected chi connectivity index (χ2v) is 7.02. The van der Waals surface area contributed by atoms with Crippen molar-refractivity contribution in [1.29, 1.82) is 0 Å². The molecule has 0 bridgehead atoms. The van der Waals surface area contributed by atoms with Gasteiger partial charge in [-0.15, -0.1) is 0 Å². The second-order valence-electron chi connectivity index (χ2n) is 7.02. The Hall–Kier alpha value is -4.67. The topological polar surface area (TPSA) is 145 Å². The van der Waals surface area contributed by atoms with Crippen LogP contribution in [0.1, 0.15) is 17.2 Å². The van der Waals surface area contributed by atoms with Gasteiger partial charge >= 0.3 is 0 Å². The van der Waals surface area contributed by atoms with Crippen molar-refractivity contribution in [3.05, 3.63) is 114 Å². The Bertz CT molecular complexity index is 1270. The number of nitrogens with zero attached hydrogens (tertiary/aromatic N) is 5. The Labute approximate surface area is 180 Å². The van der Waals surface area contributed by atoms with Crippen LogP contribution in [0.5, 0.6) is 0 Å². The average molecular weight is 433 g/mol. The molecule has 0 amide bonds. The maximum atomic E-state index is 11.2. The van der Waals surface area contributed by atoms with E-state index in [2.05, 4.69) is 4.99 Å². The molecule has 3 aromatic rings. The number of nitro groups is 3. The Morgan fingerprint density at radius 2 is 1.31 bits per heavy atom. The van der Waals surface area contributed by atoms with Gasteiger partial charge in [0.25, 0.3) is 17.1 Å². The van der Waals surface area contributed by atoms with E-state index in [4.69, 9.17) is 0 Å². The van der Waals surface area contributed by atoms with Gasteiger partial charge in [-0.25, -0.2) is 0 Å². The van der Waals surface area contributed by atoms with E-state index in [1.54, 1.807) is 35.2 Å². The van der Waals surface area contributed by atoms with Gasteiger partial charge in [0.05, 0.1) is 27.4 Å². The number of amidine groups is 1. The Kier molecular flexibility index (Phi) is 5.29. The van der Waals surface area contributed by atoms with E-state index in [0.29, 0.717) is 22.6 Å². The van der Waals surface area contributed by atoms with Crippen molar-refractivity contribution in [3.8, 4) is 0 Å². The molecule has 11 nitrogen and oxygen atoms in total. The van der Waals surface area contributed by atoms with E-state index in [1.165, 1.54) is 42.5 Å². The molecule has 11 heteroatoms. The predicted octanol–water partition coefficient (Wildman–Crippen LogP) is 4.42. The molecule has 4 rings (SSSR count). The molecule has 3 aromatic carbocycles. The first-order chi connectivity index (χ1) is 15.3. The van der Waals surface area contributed by atoms with Gasteiger partial charge in [0.1, 0.15) is 5.84 Å². The van der Waals surface area contributed by atoms with Crippen LogP contribution in [0, 0.1) is 30.3 Å². The van der Waals surface area contributed by atoms with Crippen molar-refractivity contribution in [1.82, 2.24) is 0 Å². The average Bonchev–Trinajstić information content (AvgIpc) is 3.25. The smallest absolute Gasteiger partial charge is 0.271 e. The highest BCUT2D eigenvalue weighted by atomic mass is 16.6. The number of hydrogen-bond donors (Lipinski definition) is 0. The SMILES string of the molecule is O=[N+]([O-])c1cccc(C2=NC(c3cccc([N+](=O)[O-])c3)CN2c2cccc([N+](=O)[O-])c2)c1. The minimum absolute atomic E-state index is 0.0802. The number of aliphatic imine (C=N–C) groups is 1. The highest BCUT2D eigenvalue weighted by Crippen LogP contribution is 2.34. The van der Waals surface area contributed by atoms with Crippen LogP contribution in [0.4, 0.5) is 22.7 Å². The van der Waals surface area contributed by atoms with Crippen LogP contribution >= 0.6 is 0 Å². The van der Waals surface area contributed by atoms with Gasteiger partial charge in [0.2, 0.25) is 0 Å². The summed E-state index contributed by atoms with van der Waals surface area (Å²) in [6, 6.07) is 17.5. The van der Waals surface area contributed by atoms with Crippen LogP contribution in [0.25, 0.3) is 0 Å². The number of hydrogen-bond acceptors (Lipinski definition) is 8. The molecule has 1 aliphatic heterocycles. The lowest BCUT2D eigenvalue weighted by atomic mass is 10.1. The predicted molar refractivity (Wildman–Crippen MR) is 116 cm³/mol. The fourth-order valence-corrected chi connectivity index (χ4v) is 3.53. The van der Waals surface area contributed by atoms with Crippen LogP contribution in [-0.4, -0.2) is 27.2 Å². The van der Waals surface area contributed by atoms with Crippen molar-refractivity contribution in [2.24, 2.45) is 4.99 Å². The van der Waals surface area contributed by atoms with Gasteiger partial charge in [0, 0.05) is 47.6 Å². The molecule has 0 saturated heterocycles. The largest absolute Gasteiger partial charge is 0.323 e. The first-order valence-electron chi connectivity index (χ1n) is 9.42. The number of nitro benzene ring substituents is 3. The zero-order valence-corrected chi connectivity index (χ0v) is 16.4. The Balaban J connectivity index is 1.81. The van der Waals surface area contributed by atoms with Gasteiger partial charge in [0.15, 0.2) is 0 Å². The first-order valence-corrected chi connectivity index (χ1v) is 9.42. The molecule has 1 aliphatic rings. The van der Waals surface area contributed by atoms with Crippen molar-refractivity contribution in [3.63, 3.8) is 0 Å². The van der Waals surface area contributed by atoms with Gasteiger partial charge in [-0.1, -0.05) is 30.3 Å². The van der Waals surface area contributed by atoms with Gasteiger partial charge in [-0.2, -0.15) is 0 Å². The summed E-state index contributed by atoms with van der Waals surface area (Å²) in [7, 11) is 0. The third-order valence-electron chi connectivity index (χ3n) is 5.02. The summed E-state index contributed by atoms with van der Waals surface area (Å²) in [6.45, 7) is 0.250. The maximum absolute atomic E-state index is 11.2. The lowest BCUT2D eigenvalue weighted by molar-refractivity contribution is -0.385. The molecule has 32 heavy (non-hydrogen) atoms. The van der Waals surface area contributed by atoms with E-state index >= 15 is 0 Å². The third kappa shape index (κ3) is 3.99. The molecule has 0 saturated carbocycles. The number of benzene rings is 3. The fourth-order valence-electron chi connectivity index (χ4n) is 3.53. The highest BCUT2D eigenvalue weighted by Gasteiger charge is 2.30. The van der Waals surface area contributed by atoms with Crippen LogP contribution in [-0.2, 0) is 0 Å². The second kappa shape index (κ2) is 8.22. The fraction of sp³-hybridized carbons (Fsp3) is 0.0952. The van der Waals surface area contributed by atoms with E-state index in [-0.39, 0.29) is 23.6 Å². The normalized spacial score (nSPS) is 15.3. The quantitative estimate of drug-likeness (QED) is 0.413. The molecule has 160 valence electrons. The van der Waals surface area contributed by atoms with Crippen molar-refractivity contribution < 1.29 is 14.8 Å². The standard InChI is InChI=1S/C21H15N5O6/c27-24(28)17-7-1-4-14(10-17)20-13-23(16-6-3-9-19(12-16)26(31)32)21(22-20)15-5-2-8-18(11-15)25(29)30/h1-12,20H,13H2. The number of anilines is 1. The molecular formula is C21H15N5O6. The van der Waals surface area contributed by atoms with Crippen LogP contribution in [0.2, 0.25) is 0 Å². The summed E-state index contributed by atoms with van der Waals surface area (Å²) in [5.41, 5.74) is 1.22. The third-order valence-corrected chi connectivity index (χ3v) is 5.02. The van der Waals surface area contributed by atoms with Crippen LogP contribution in [0.3, 0.4) is 0 Å². The number of non-ortho nitro benzene ring substituents is 3. The summed E-state index contributed by atoms with van der Waals surface area (Å²) in [5.74, 6) is 0.380. The summed E-state index contributed by atoms with van der Waals surface area (Å²) in [4.78, 5) is 38.5. The monoisotopic (exact) mass is 433 g/mol. The Morgan fingerprint density at radius 1 is 0.750 bits per heavy atom. The molecule has 0 aromatic heterocycles. The van der Waals surface area contributed by atoms with Crippen molar-refractivity contribution in [2.75, 3.05) is 11.4 Å². The molecule has 1 atom stereocenters. The zero-order chi connectivity index (χ0) is 22.8. The Morgan fingerprint density at radius 3 is 1.97 bits per heavy atom. The molecular weight excluding hydrogens is 418 g/mol. The highest BCUT2D eigenvalue weighted by molar-refractivity contribution is 6.11. The van der Waals surface area contributed by atoms with Crippen LogP contribution in [0.15, 0.2) is 77.8 Å². The van der Waals surface area contributed by atoms with E-state index in [0.717, 1.165) is 0 Å².